The molecule has 0 aromatic heterocycles. The molecule has 2 rings (SSSR count). The quantitative estimate of drug-likeness (QED) is 0.770. The molecular weight excluding hydrogens is 300 g/mol. The minimum atomic E-state index is 0.0618. The summed E-state index contributed by atoms with van der Waals surface area (Å²) in [6.07, 6.45) is 7.02. The molecule has 1 aliphatic heterocycles. The maximum absolute atomic E-state index is 12.4. The van der Waals surface area contributed by atoms with E-state index >= 15 is 0 Å². The Morgan fingerprint density at radius 1 is 1.00 bits per heavy atom. The van der Waals surface area contributed by atoms with E-state index in [9.17, 15) is 9.59 Å². The van der Waals surface area contributed by atoms with Crippen LogP contribution in [0.2, 0.25) is 0 Å². The van der Waals surface area contributed by atoms with E-state index in [4.69, 9.17) is 0 Å². The first-order valence-corrected chi connectivity index (χ1v) is 9.24. The van der Waals surface area contributed by atoms with E-state index in [1.807, 2.05) is 28.0 Å². The Hall–Kier alpha value is -1.84. The van der Waals surface area contributed by atoms with Crippen molar-refractivity contribution in [2.75, 3.05) is 26.2 Å². The van der Waals surface area contributed by atoms with Crippen LogP contribution in [0.3, 0.4) is 0 Å². The highest BCUT2D eigenvalue weighted by molar-refractivity contribution is 5.78. The fourth-order valence-electron chi connectivity index (χ4n) is 3.25. The number of rotatable bonds is 7. The highest BCUT2D eigenvalue weighted by atomic mass is 16.2. The Kier molecular flexibility index (Phi) is 7.80. The van der Waals surface area contributed by atoms with E-state index < -0.39 is 0 Å². The van der Waals surface area contributed by atoms with Gasteiger partial charge in [-0.1, -0.05) is 43.2 Å². The summed E-state index contributed by atoms with van der Waals surface area (Å²) in [5, 5.41) is 0. The van der Waals surface area contributed by atoms with Gasteiger partial charge in [0.1, 0.15) is 0 Å². The van der Waals surface area contributed by atoms with Crippen LogP contribution in [0.1, 0.15) is 51.0 Å². The lowest BCUT2D eigenvalue weighted by Crippen LogP contribution is -2.37. The Balaban J connectivity index is 1.74. The summed E-state index contributed by atoms with van der Waals surface area (Å²) >= 11 is 0. The number of benzene rings is 1. The summed E-state index contributed by atoms with van der Waals surface area (Å²) in [6, 6.07) is 10.3. The highest BCUT2D eigenvalue weighted by Crippen LogP contribution is 2.11. The summed E-state index contributed by atoms with van der Waals surface area (Å²) in [5.74, 6) is 0.262. The molecule has 0 saturated carbocycles. The van der Waals surface area contributed by atoms with Crippen LogP contribution in [0.5, 0.6) is 0 Å². The molecule has 0 N–H and O–H groups in total. The van der Waals surface area contributed by atoms with Gasteiger partial charge in [0.05, 0.1) is 0 Å². The van der Waals surface area contributed by atoms with Crippen molar-refractivity contribution in [3.63, 3.8) is 0 Å². The molecule has 1 aromatic carbocycles. The number of hydrogen-bond donors (Lipinski definition) is 0. The standard InChI is InChI=1S/C20H30N2O2/c1-18(23)21(16-9-12-19-10-5-4-6-11-19)17-13-20(24)22-14-7-2-3-8-15-22/h4-6,10-11H,2-3,7-9,12-17H2,1H3. The Bertz CT molecular complexity index is 508. The van der Waals surface area contributed by atoms with Crippen LogP contribution in [0.4, 0.5) is 0 Å². The van der Waals surface area contributed by atoms with Gasteiger partial charge in [0.25, 0.3) is 0 Å². The number of nitrogens with zero attached hydrogens (tertiary/aromatic N) is 2. The predicted molar refractivity (Wildman–Crippen MR) is 96.7 cm³/mol. The molecule has 1 heterocycles. The second-order valence-corrected chi connectivity index (χ2v) is 6.64. The van der Waals surface area contributed by atoms with Gasteiger partial charge < -0.3 is 9.80 Å². The van der Waals surface area contributed by atoms with E-state index in [0.29, 0.717) is 13.0 Å². The van der Waals surface area contributed by atoms with Gasteiger partial charge in [-0.2, -0.15) is 0 Å². The number of carbonyl (C=O) groups is 2. The maximum atomic E-state index is 12.4. The maximum Gasteiger partial charge on any atom is 0.224 e. The van der Waals surface area contributed by atoms with Gasteiger partial charge in [-0.05, 0) is 31.2 Å². The molecule has 0 aliphatic carbocycles. The molecule has 24 heavy (non-hydrogen) atoms. The lowest BCUT2D eigenvalue weighted by molar-refractivity contribution is -0.133. The first kappa shape index (κ1) is 18.5. The normalized spacial score (nSPS) is 15.0. The summed E-state index contributed by atoms with van der Waals surface area (Å²) < 4.78 is 0. The second kappa shape index (κ2) is 10.1. The molecular formula is C20H30N2O2. The molecule has 1 saturated heterocycles. The molecule has 1 aromatic rings. The smallest absolute Gasteiger partial charge is 0.224 e. The van der Waals surface area contributed by atoms with Crippen molar-refractivity contribution in [3.05, 3.63) is 35.9 Å². The minimum Gasteiger partial charge on any atom is -0.343 e. The van der Waals surface area contributed by atoms with Crippen LogP contribution in [-0.4, -0.2) is 47.8 Å². The van der Waals surface area contributed by atoms with Crippen molar-refractivity contribution in [1.82, 2.24) is 9.80 Å². The third kappa shape index (κ3) is 6.34. The average Bonchev–Trinajstić information content (AvgIpc) is 2.87. The Morgan fingerprint density at radius 2 is 1.67 bits per heavy atom. The minimum absolute atomic E-state index is 0.0618. The zero-order chi connectivity index (χ0) is 17.2. The van der Waals surface area contributed by atoms with Crippen molar-refractivity contribution in [1.29, 1.82) is 0 Å². The molecule has 0 atom stereocenters. The van der Waals surface area contributed by atoms with E-state index in [2.05, 4.69) is 12.1 Å². The largest absolute Gasteiger partial charge is 0.343 e. The summed E-state index contributed by atoms with van der Waals surface area (Å²) in [4.78, 5) is 28.0. The van der Waals surface area contributed by atoms with Gasteiger partial charge in [-0.15, -0.1) is 0 Å². The molecule has 4 heteroatoms. The molecule has 0 spiro atoms. The van der Waals surface area contributed by atoms with Crippen molar-refractivity contribution in [3.8, 4) is 0 Å². The van der Waals surface area contributed by atoms with Crippen LogP contribution in [0.25, 0.3) is 0 Å². The fraction of sp³-hybridized carbons (Fsp3) is 0.600. The number of amides is 2. The van der Waals surface area contributed by atoms with Crippen LogP contribution < -0.4 is 0 Å². The molecule has 4 nitrogen and oxygen atoms in total. The molecule has 0 bridgehead atoms. The van der Waals surface area contributed by atoms with Gasteiger partial charge in [-0.25, -0.2) is 0 Å². The molecule has 0 unspecified atom stereocenters. The van der Waals surface area contributed by atoms with E-state index in [-0.39, 0.29) is 11.8 Å². The van der Waals surface area contributed by atoms with Crippen LogP contribution in [0, 0.1) is 0 Å². The van der Waals surface area contributed by atoms with Gasteiger partial charge in [0.15, 0.2) is 0 Å². The Labute approximate surface area is 145 Å². The monoisotopic (exact) mass is 330 g/mol. The summed E-state index contributed by atoms with van der Waals surface area (Å²) in [7, 11) is 0. The Morgan fingerprint density at radius 3 is 2.29 bits per heavy atom. The summed E-state index contributed by atoms with van der Waals surface area (Å²) in [5.41, 5.74) is 1.29. The van der Waals surface area contributed by atoms with Gasteiger partial charge in [-0.3, -0.25) is 9.59 Å². The van der Waals surface area contributed by atoms with Crippen LogP contribution >= 0.6 is 0 Å². The number of carbonyl (C=O) groups excluding carboxylic acids is 2. The van der Waals surface area contributed by atoms with Crippen molar-refractivity contribution in [2.24, 2.45) is 0 Å². The number of aryl methyl sites for hydroxylation is 1. The predicted octanol–water partition coefficient (Wildman–Crippen LogP) is 3.26. The average molecular weight is 330 g/mol. The fourth-order valence-corrected chi connectivity index (χ4v) is 3.25. The number of hydrogen-bond acceptors (Lipinski definition) is 2. The van der Waals surface area contributed by atoms with Crippen molar-refractivity contribution >= 4 is 11.8 Å². The topological polar surface area (TPSA) is 40.6 Å². The molecule has 2 amide bonds. The third-order valence-corrected chi connectivity index (χ3v) is 4.74. The van der Waals surface area contributed by atoms with Gasteiger partial charge >= 0.3 is 0 Å². The van der Waals surface area contributed by atoms with Crippen molar-refractivity contribution < 1.29 is 9.59 Å². The van der Waals surface area contributed by atoms with Crippen molar-refractivity contribution in [2.45, 2.75) is 51.9 Å². The molecule has 1 aliphatic rings. The van der Waals surface area contributed by atoms with Gasteiger partial charge in [0, 0.05) is 39.5 Å². The number of likely N-dealkylation sites (tertiary alicyclic amines) is 1. The first-order chi connectivity index (χ1) is 11.7. The third-order valence-electron chi connectivity index (χ3n) is 4.74. The SMILES string of the molecule is CC(=O)N(CCCc1ccccc1)CCC(=O)N1CCCCCC1. The van der Waals surface area contributed by atoms with Gasteiger partial charge in [0.2, 0.25) is 11.8 Å². The van der Waals surface area contributed by atoms with Crippen LogP contribution in [-0.2, 0) is 16.0 Å². The lowest BCUT2D eigenvalue weighted by atomic mass is 10.1. The second-order valence-electron chi connectivity index (χ2n) is 6.64. The molecule has 0 radical (unpaired) electrons. The van der Waals surface area contributed by atoms with E-state index in [1.165, 1.54) is 18.4 Å². The van der Waals surface area contributed by atoms with E-state index in [0.717, 1.165) is 45.3 Å². The zero-order valence-corrected chi connectivity index (χ0v) is 14.9. The molecule has 1 fully saturated rings. The van der Waals surface area contributed by atoms with Crippen LogP contribution in [0.15, 0.2) is 30.3 Å². The lowest BCUT2D eigenvalue weighted by Gasteiger charge is -2.24. The highest BCUT2D eigenvalue weighted by Gasteiger charge is 2.17. The first-order valence-electron chi connectivity index (χ1n) is 9.24. The molecule has 132 valence electrons. The summed E-state index contributed by atoms with van der Waals surface area (Å²) in [6.45, 7) is 4.62. The van der Waals surface area contributed by atoms with E-state index in [1.54, 1.807) is 6.92 Å². The zero-order valence-electron chi connectivity index (χ0n) is 14.9.